The van der Waals surface area contributed by atoms with Gasteiger partial charge >= 0.3 is 12.1 Å². The van der Waals surface area contributed by atoms with E-state index in [1.165, 1.54) is 11.1 Å². The van der Waals surface area contributed by atoms with Crippen LogP contribution in [0.15, 0.2) is 70.9 Å². The number of hydrogen-bond donors (Lipinski definition) is 1. The van der Waals surface area contributed by atoms with Crippen LogP contribution in [0.25, 0.3) is 0 Å². The van der Waals surface area contributed by atoms with Gasteiger partial charge in [-0.3, -0.25) is 9.80 Å². The third kappa shape index (κ3) is 6.57. The van der Waals surface area contributed by atoms with Gasteiger partial charge in [0.15, 0.2) is 0 Å². The number of rotatable bonds is 9. The normalized spacial score (nSPS) is 21.3. The van der Waals surface area contributed by atoms with Crippen LogP contribution in [0, 0.1) is 17.7 Å². The van der Waals surface area contributed by atoms with Crippen LogP contribution in [0.4, 0.5) is 23.2 Å². The Kier molecular flexibility index (Phi) is 8.71. The first-order valence-corrected chi connectivity index (χ1v) is 13.3. The first-order valence-electron chi connectivity index (χ1n) is 13.3. The highest BCUT2D eigenvalue weighted by Gasteiger charge is 2.50. The summed E-state index contributed by atoms with van der Waals surface area (Å²) in [4.78, 5) is 11.6. The molecule has 0 aromatic heterocycles. The molecule has 0 fully saturated rings. The molecule has 0 saturated heterocycles. The van der Waals surface area contributed by atoms with Crippen molar-refractivity contribution in [3.8, 4) is 5.75 Å². The van der Waals surface area contributed by atoms with E-state index >= 15 is 0 Å². The highest BCUT2D eigenvalue weighted by Crippen LogP contribution is 2.40. The molecule has 40 heavy (non-hydrogen) atoms. The van der Waals surface area contributed by atoms with Crippen molar-refractivity contribution in [2.45, 2.75) is 64.6 Å². The number of alkyl halides is 3. The lowest BCUT2D eigenvalue weighted by Gasteiger charge is -2.28. The molecular weight excluding hydrogens is 524 g/mol. The minimum atomic E-state index is -4.64. The summed E-state index contributed by atoms with van der Waals surface area (Å²) in [5.41, 5.74) is 3.13. The van der Waals surface area contributed by atoms with Crippen LogP contribution in [0.3, 0.4) is 0 Å². The predicted molar refractivity (Wildman–Crippen MR) is 147 cm³/mol. The van der Waals surface area contributed by atoms with Gasteiger partial charge in [0.2, 0.25) is 0 Å². The summed E-state index contributed by atoms with van der Waals surface area (Å²) < 4.78 is 61.4. The van der Waals surface area contributed by atoms with Gasteiger partial charge in [-0.1, -0.05) is 43.7 Å². The van der Waals surface area contributed by atoms with Gasteiger partial charge in [0.05, 0.1) is 25.3 Å². The van der Waals surface area contributed by atoms with Gasteiger partial charge in [0, 0.05) is 11.8 Å². The van der Waals surface area contributed by atoms with Crippen LogP contribution in [-0.4, -0.2) is 36.1 Å². The molecule has 3 atom stereocenters. The molecule has 214 valence electrons. The fraction of sp³-hybridized carbons (Fsp3) is 0.419. The lowest BCUT2D eigenvalue weighted by Crippen LogP contribution is -2.39. The van der Waals surface area contributed by atoms with Gasteiger partial charge in [0.25, 0.3) is 0 Å². The number of hydrazone groups is 1. The standard InChI is InChI=1S/C31H34F4N2O3/c1-18(2)13-26-28(17-29(38)39)37(36-30(26)31(33,34)35)23-9-5-20(6-10-23)15-21-7-8-22(14-19(21)3)25-16-24(40-4)11-12-27(25)32/h5-7,9-12,14,16,18,22,26,28H,8,13,15,17H2,1-4H3,(H,38,39). The summed E-state index contributed by atoms with van der Waals surface area (Å²) in [5.74, 6) is -2.05. The Morgan fingerprint density at radius 1 is 1.18 bits per heavy atom. The molecule has 1 aliphatic carbocycles. The van der Waals surface area contributed by atoms with Crippen molar-refractivity contribution in [3.05, 3.63) is 82.7 Å². The molecule has 3 unspecified atom stereocenters. The number of carbonyl (C=O) groups is 1. The third-order valence-electron chi connectivity index (χ3n) is 7.52. The second-order valence-electron chi connectivity index (χ2n) is 10.9. The maximum atomic E-state index is 14.5. The van der Waals surface area contributed by atoms with E-state index in [4.69, 9.17) is 4.74 Å². The Morgan fingerprint density at radius 3 is 2.45 bits per heavy atom. The highest BCUT2D eigenvalue weighted by atomic mass is 19.4. The maximum absolute atomic E-state index is 14.5. The van der Waals surface area contributed by atoms with Crippen LogP contribution in [0.1, 0.15) is 57.1 Å². The van der Waals surface area contributed by atoms with Crippen molar-refractivity contribution in [2.24, 2.45) is 16.9 Å². The van der Waals surface area contributed by atoms with Gasteiger partial charge in [-0.25, -0.2) is 4.39 Å². The molecular formula is C31H34F4N2O3. The Balaban J connectivity index is 1.53. The molecule has 1 heterocycles. The number of benzene rings is 2. The fourth-order valence-electron chi connectivity index (χ4n) is 5.57. The number of anilines is 1. The van der Waals surface area contributed by atoms with E-state index in [0.717, 1.165) is 16.7 Å². The lowest BCUT2D eigenvalue weighted by atomic mass is 9.84. The number of hydrogen-bond acceptors (Lipinski definition) is 4. The molecule has 0 radical (unpaired) electrons. The zero-order valence-electron chi connectivity index (χ0n) is 23.0. The smallest absolute Gasteiger partial charge is 0.431 e. The van der Waals surface area contributed by atoms with Crippen LogP contribution in [0.5, 0.6) is 5.75 Å². The second kappa shape index (κ2) is 11.9. The summed E-state index contributed by atoms with van der Waals surface area (Å²) in [7, 11) is 1.55. The van der Waals surface area contributed by atoms with Crippen molar-refractivity contribution >= 4 is 17.4 Å². The molecule has 0 saturated carbocycles. The predicted octanol–water partition coefficient (Wildman–Crippen LogP) is 7.68. The van der Waals surface area contributed by atoms with E-state index in [9.17, 15) is 27.5 Å². The first-order chi connectivity index (χ1) is 18.9. The van der Waals surface area contributed by atoms with Gasteiger partial charge in [-0.2, -0.15) is 18.3 Å². The first kappa shape index (κ1) is 29.4. The Bertz CT molecular complexity index is 1330. The minimum Gasteiger partial charge on any atom is -0.497 e. The SMILES string of the molecule is COc1ccc(F)c(C2C=C(C)C(Cc3ccc(N4N=C(C(F)(F)F)C(CC(C)C)C4CC(=O)O)cc3)=CC2)c1. The monoisotopic (exact) mass is 558 g/mol. The third-order valence-corrected chi connectivity index (χ3v) is 7.52. The summed E-state index contributed by atoms with van der Waals surface area (Å²) in [6.45, 7) is 5.61. The van der Waals surface area contributed by atoms with Crippen molar-refractivity contribution in [3.63, 3.8) is 0 Å². The number of carboxylic acids is 1. The molecule has 2 aliphatic rings. The molecule has 0 spiro atoms. The zero-order valence-corrected chi connectivity index (χ0v) is 23.0. The molecule has 9 heteroatoms. The molecule has 0 amide bonds. The average molecular weight is 559 g/mol. The second-order valence-corrected chi connectivity index (χ2v) is 10.9. The Labute approximate surface area is 231 Å². The van der Waals surface area contributed by atoms with Gasteiger partial charge in [-0.05, 0) is 79.1 Å². The van der Waals surface area contributed by atoms with Gasteiger partial charge < -0.3 is 9.84 Å². The number of allylic oxidation sites excluding steroid dienone is 4. The van der Waals surface area contributed by atoms with E-state index < -0.39 is 36.2 Å². The molecule has 1 N–H and O–H groups in total. The van der Waals surface area contributed by atoms with E-state index in [1.54, 1.807) is 31.4 Å². The van der Waals surface area contributed by atoms with Crippen molar-refractivity contribution < 1.29 is 32.2 Å². The molecule has 4 rings (SSSR count). The number of carboxylic acid groups (broad SMARTS) is 1. The number of methoxy groups -OCH3 is 1. The average Bonchev–Trinajstić information content (AvgIpc) is 3.23. The van der Waals surface area contributed by atoms with Crippen LogP contribution >= 0.6 is 0 Å². The van der Waals surface area contributed by atoms with Crippen molar-refractivity contribution in [1.82, 2.24) is 0 Å². The quantitative estimate of drug-likeness (QED) is 0.321. The van der Waals surface area contributed by atoms with Crippen LogP contribution in [0.2, 0.25) is 0 Å². The summed E-state index contributed by atoms with van der Waals surface area (Å²) in [6, 6.07) is 10.8. The fourth-order valence-corrected chi connectivity index (χ4v) is 5.57. The van der Waals surface area contributed by atoms with E-state index in [-0.39, 0.29) is 24.1 Å². The van der Waals surface area contributed by atoms with E-state index in [0.29, 0.717) is 29.8 Å². The molecule has 2 aromatic carbocycles. The summed E-state index contributed by atoms with van der Waals surface area (Å²) in [6.07, 6.45) is 0.456. The topological polar surface area (TPSA) is 62.1 Å². The van der Waals surface area contributed by atoms with Gasteiger partial charge in [-0.15, -0.1) is 0 Å². The summed E-state index contributed by atoms with van der Waals surface area (Å²) >= 11 is 0. The Morgan fingerprint density at radius 2 is 1.88 bits per heavy atom. The van der Waals surface area contributed by atoms with E-state index in [2.05, 4.69) is 11.2 Å². The largest absolute Gasteiger partial charge is 0.497 e. The Hall–Kier alpha value is -3.62. The lowest BCUT2D eigenvalue weighted by molar-refractivity contribution is -0.137. The van der Waals surface area contributed by atoms with Crippen molar-refractivity contribution in [1.29, 1.82) is 0 Å². The molecule has 2 aromatic rings. The highest BCUT2D eigenvalue weighted by molar-refractivity contribution is 5.96. The number of halogens is 4. The van der Waals surface area contributed by atoms with E-state index in [1.807, 2.05) is 39.0 Å². The summed E-state index contributed by atoms with van der Waals surface area (Å²) in [5, 5.41) is 14.6. The van der Waals surface area contributed by atoms with Crippen LogP contribution in [-0.2, 0) is 11.2 Å². The van der Waals surface area contributed by atoms with Gasteiger partial charge in [0.1, 0.15) is 17.3 Å². The molecule has 1 aliphatic heterocycles. The van der Waals surface area contributed by atoms with Crippen LogP contribution < -0.4 is 9.75 Å². The molecule has 0 bridgehead atoms. The number of nitrogens with zero attached hydrogens (tertiary/aromatic N) is 2. The number of aliphatic carboxylic acids is 1. The zero-order chi connectivity index (χ0) is 29.2. The molecule has 5 nitrogen and oxygen atoms in total. The maximum Gasteiger partial charge on any atom is 0.431 e. The minimum absolute atomic E-state index is 0.0590. The number of ether oxygens (including phenoxy) is 1. The van der Waals surface area contributed by atoms with Crippen molar-refractivity contribution in [2.75, 3.05) is 12.1 Å².